The van der Waals surface area contributed by atoms with E-state index in [1.54, 1.807) is 0 Å². The van der Waals surface area contributed by atoms with E-state index >= 15 is 0 Å². The van der Waals surface area contributed by atoms with Crippen LogP contribution in [0.3, 0.4) is 0 Å². The van der Waals surface area contributed by atoms with E-state index in [1.807, 2.05) is 35.0 Å². The Kier molecular flexibility index (Phi) is 4.74. The molecule has 28 heavy (non-hydrogen) atoms. The molecular weight excluding hydrogens is 354 g/mol. The third kappa shape index (κ3) is 3.37. The molecule has 9 heteroatoms. The number of nitrogens with zero attached hydrogens (tertiary/aromatic N) is 9. The Labute approximate surface area is 164 Å². The van der Waals surface area contributed by atoms with Crippen molar-refractivity contribution in [3.05, 3.63) is 42.0 Å². The summed E-state index contributed by atoms with van der Waals surface area (Å²) < 4.78 is 4.16. The lowest BCUT2D eigenvalue weighted by atomic mass is 10.2. The van der Waals surface area contributed by atoms with Gasteiger partial charge in [0.05, 0.1) is 12.2 Å². The highest BCUT2D eigenvalue weighted by Crippen LogP contribution is 2.19. The van der Waals surface area contributed by atoms with E-state index in [9.17, 15) is 0 Å². The Morgan fingerprint density at radius 1 is 0.821 bits per heavy atom. The first-order chi connectivity index (χ1) is 13.9. The van der Waals surface area contributed by atoms with Crippen molar-refractivity contribution in [1.82, 2.24) is 39.9 Å². The number of tetrazole rings is 1. The largest absolute Gasteiger partial charge is 0.337 e. The highest BCUT2D eigenvalue weighted by molar-refractivity contribution is 5.40. The lowest BCUT2D eigenvalue weighted by Crippen LogP contribution is -2.47. The van der Waals surface area contributed by atoms with Gasteiger partial charge in [-0.25, -0.2) is 0 Å². The number of hydrogen-bond donors (Lipinski definition) is 0. The van der Waals surface area contributed by atoms with Gasteiger partial charge in [0.2, 0.25) is 5.95 Å². The molecule has 0 radical (unpaired) electrons. The van der Waals surface area contributed by atoms with Gasteiger partial charge in [-0.3, -0.25) is 4.90 Å². The van der Waals surface area contributed by atoms with Crippen LogP contribution in [-0.4, -0.2) is 66.1 Å². The molecule has 0 aliphatic carbocycles. The number of rotatable bonds is 4. The number of benzene rings is 1. The Morgan fingerprint density at radius 2 is 1.68 bits per heavy atom. The van der Waals surface area contributed by atoms with Crippen molar-refractivity contribution in [2.75, 3.05) is 31.1 Å². The zero-order valence-corrected chi connectivity index (χ0v) is 16.0. The molecule has 2 aliphatic rings. The molecule has 2 aromatic heterocycles. The molecule has 0 atom stereocenters. The van der Waals surface area contributed by atoms with E-state index in [1.165, 1.54) is 19.3 Å². The highest BCUT2D eigenvalue weighted by Gasteiger charge is 2.24. The van der Waals surface area contributed by atoms with Crippen molar-refractivity contribution >= 4 is 5.95 Å². The molecule has 0 N–H and O–H groups in total. The monoisotopic (exact) mass is 379 g/mol. The summed E-state index contributed by atoms with van der Waals surface area (Å²) in [6.45, 7) is 5.64. The van der Waals surface area contributed by atoms with E-state index in [0.717, 1.165) is 69.0 Å². The molecule has 2 aliphatic heterocycles. The van der Waals surface area contributed by atoms with E-state index in [2.05, 4.69) is 40.1 Å². The van der Waals surface area contributed by atoms with Crippen molar-refractivity contribution in [3.63, 3.8) is 0 Å². The van der Waals surface area contributed by atoms with Gasteiger partial charge in [0, 0.05) is 39.1 Å². The molecule has 0 spiro atoms. The molecule has 0 bridgehead atoms. The molecule has 3 aromatic rings. The normalized spacial score (nSPS) is 18.1. The van der Waals surface area contributed by atoms with Crippen LogP contribution in [-0.2, 0) is 19.5 Å². The lowest BCUT2D eigenvalue weighted by Gasteiger charge is -2.34. The van der Waals surface area contributed by atoms with Gasteiger partial charge in [-0.15, -0.1) is 10.2 Å². The standard InChI is InChI=1S/C19H25N9/c1-3-7-16(8-4-1)28-19(22-23-24-28)26-13-11-25(12-14-26)15-18-21-20-17-9-5-2-6-10-27(17)18/h1,3-4,7-8H,2,5-6,9-15H2. The second kappa shape index (κ2) is 7.67. The maximum absolute atomic E-state index is 4.48. The fraction of sp³-hybridized carbons (Fsp3) is 0.526. The maximum atomic E-state index is 4.48. The molecule has 4 heterocycles. The van der Waals surface area contributed by atoms with Gasteiger partial charge in [-0.2, -0.15) is 4.68 Å². The van der Waals surface area contributed by atoms with Gasteiger partial charge in [0.25, 0.3) is 0 Å². The molecule has 9 nitrogen and oxygen atoms in total. The lowest BCUT2D eigenvalue weighted by molar-refractivity contribution is 0.238. The minimum atomic E-state index is 0.808. The fourth-order valence-corrected chi connectivity index (χ4v) is 4.08. The first-order valence-electron chi connectivity index (χ1n) is 10.1. The van der Waals surface area contributed by atoms with Crippen molar-refractivity contribution in [3.8, 4) is 5.69 Å². The zero-order chi connectivity index (χ0) is 18.8. The fourth-order valence-electron chi connectivity index (χ4n) is 4.08. The summed E-state index contributed by atoms with van der Waals surface area (Å²) in [5, 5.41) is 21.2. The predicted molar refractivity (Wildman–Crippen MR) is 104 cm³/mol. The number of para-hydroxylation sites is 1. The van der Waals surface area contributed by atoms with Crippen molar-refractivity contribution in [2.45, 2.75) is 38.8 Å². The summed E-state index contributed by atoms with van der Waals surface area (Å²) in [7, 11) is 0. The average Bonchev–Trinajstić information content (AvgIpc) is 3.30. The van der Waals surface area contributed by atoms with Crippen LogP contribution in [0.4, 0.5) is 5.95 Å². The third-order valence-electron chi connectivity index (χ3n) is 5.66. The quantitative estimate of drug-likeness (QED) is 0.676. The molecular formula is C19H25N9. The van der Waals surface area contributed by atoms with Crippen LogP contribution in [0.1, 0.15) is 30.9 Å². The molecule has 1 fully saturated rings. The van der Waals surface area contributed by atoms with E-state index in [-0.39, 0.29) is 0 Å². The average molecular weight is 379 g/mol. The van der Waals surface area contributed by atoms with Crippen molar-refractivity contribution in [1.29, 1.82) is 0 Å². The zero-order valence-electron chi connectivity index (χ0n) is 16.0. The topological polar surface area (TPSA) is 80.8 Å². The summed E-state index contributed by atoms with van der Waals surface area (Å²) in [6.07, 6.45) is 4.81. The Bertz CT molecular complexity index is 909. The SMILES string of the molecule is c1ccc(-n2nnnc2N2CCN(Cc3nnc4n3CCCCC4)CC2)cc1. The third-order valence-corrected chi connectivity index (χ3v) is 5.66. The number of anilines is 1. The van der Waals surface area contributed by atoms with Crippen molar-refractivity contribution in [2.24, 2.45) is 0 Å². The van der Waals surface area contributed by atoms with Crippen LogP contribution in [0.25, 0.3) is 5.69 Å². The maximum Gasteiger partial charge on any atom is 0.250 e. The minimum absolute atomic E-state index is 0.808. The predicted octanol–water partition coefficient (Wildman–Crippen LogP) is 1.30. The first-order valence-corrected chi connectivity index (χ1v) is 10.1. The second-order valence-corrected chi connectivity index (χ2v) is 7.48. The number of aryl methyl sites for hydroxylation is 1. The van der Waals surface area contributed by atoms with Gasteiger partial charge < -0.3 is 9.47 Å². The highest BCUT2D eigenvalue weighted by atomic mass is 15.6. The van der Waals surface area contributed by atoms with Crippen LogP contribution in [0.15, 0.2) is 30.3 Å². The summed E-state index contributed by atoms with van der Waals surface area (Å²) >= 11 is 0. The van der Waals surface area contributed by atoms with Crippen LogP contribution in [0, 0.1) is 0 Å². The molecule has 0 amide bonds. The van der Waals surface area contributed by atoms with E-state index in [0.29, 0.717) is 0 Å². The van der Waals surface area contributed by atoms with Gasteiger partial charge in [0.1, 0.15) is 11.6 Å². The number of piperazine rings is 1. The molecule has 146 valence electrons. The minimum Gasteiger partial charge on any atom is -0.337 e. The molecule has 0 saturated carbocycles. The van der Waals surface area contributed by atoms with Crippen LogP contribution >= 0.6 is 0 Å². The summed E-state index contributed by atoms with van der Waals surface area (Å²) in [4.78, 5) is 4.71. The first kappa shape index (κ1) is 17.3. The van der Waals surface area contributed by atoms with E-state index < -0.39 is 0 Å². The molecule has 5 rings (SSSR count). The molecule has 1 saturated heterocycles. The molecule has 0 unspecified atom stereocenters. The Hall–Kier alpha value is -2.81. The van der Waals surface area contributed by atoms with Gasteiger partial charge >= 0.3 is 0 Å². The van der Waals surface area contributed by atoms with Gasteiger partial charge in [0.15, 0.2) is 0 Å². The van der Waals surface area contributed by atoms with Gasteiger partial charge in [-0.1, -0.05) is 29.7 Å². The van der Waals surface area contributed by atoms with E-state index in [4.69, 9.17) is 0 Å². The van der Waals surface area contributed by atoms with Crippen LogP contribution in [0.2, 0.25) is 0 Å². The number of hydrogen-bond acceptors (Lipinski definition) is 7. The van der Waals surface area contributed by atoms with Crippen LogP contribution in [0.5, 0.6) is 0 Å². The number of fused-ring (bicyclic) bond motifs is 1. The Balaban J connectivity index is 1.25. The summed E-state index contributed by atoms with van der Waals surface area (Å²) in [5.74, 6) is 3.08. The van der Waals surface area contributed by atoms with Crippen LogP contribution < -0.4 is 4.90 Å². The van der Waals surface area contributed by atoms with Crippen molar-refractivity contribution < 1.29 is 0 Å². The summed E-state index contributed by atoms with van der Waals surface area (Å²) in [5.41, 5.74) is 0.982. The number of aromatic nitrogens is 7. The molecule has 1 aromatic carbocycles. The smallest absolute Gasteiger partial charge is 0.250 e. The van der Waals surface area contributed by atoms with Gasteiger partial charge in [-0.05, 0) is 35.4 Å². The Morgan fingerprint density at radius 3 is 2.54 bits per heavy atom. The summed E-state index contributed by atoms with van der Waals surface area (Å²) in [6, 6.07) is 10.0. The second-order valence-electron chi connectivity index (χ2n) is 7.48.